The first-order chi connectivity index (χ1) is 13.0. The molecule has 6 heteroatoms. The summed E-state index contributed by atoms with van der Waals surface area (Å²) in [7, 11) is 0. The zero-order chi connectivity index (χ0) is 19.2. The largest absolute Gasteiger partial charge is 0.490 e. The van der Waals surface area contributed by atoms with Crippen LogP contribution >= 0.6 is 0 Å². The molecule has 140 valence electrons. The van der Waals surface area contributed by atoms with Gasteiger partial charge in [0, 0.05) is 5.70 Å². The third-order valence-electron chi connectivity index (χ3n) is 4.23. The van der Waals surface area contributed by atoms with Crippen molar-refractivity contribution in [3.8, 4) is 5.75 Å². The number of hydrogen-bond donors (Lipinski definition) is 2. The molecule has 3 rings (SSSR count). The van der Waals surface area contributed by atoms with Gasteiger partial charge in [-0.25, -0.2) is 9.59 Å². The molecule has 0 unspecified atom stereocenters. The van der Waals surface area contributed by atoms with Crippen LogP contribution in [-0.4, -0.2) is 25.2 Å². The third-order valence-corrected chi connectivity index (χ3v) is 4.23. The number of esters is 1. The molecule has 0 radical (unpaired) electrons. The van der Waals surface area contributed by atoms with Gasteiger partial charge < -0.3 is 20.1 Å². The maximum atomic E-state index is 12.7. The average Bonchev–Trinajstić information content (AvgIpc) is 2.66. The van der Waals surface area contributed by atoms with Gasteiger partial charge in [0.2, 0.25) is 0 Å². The van der Waals surface area contributed by atoms with E-state index in [1.165, 1.54) is 0 Å². The van der Waals surface area contributed by atoms with Gasteiger partial charge in [0.15, 0.2) is 0 Å². The molecule has 1 aliphatic heterocycles. The molecule has 2 N–H and O–H groups in total. The molecule has 6 nitrogen and oxygen atoms in total. The highest BCUT2D eigenvalue weighted by molar-refractivity contribution is 5.95. The van der Waals surface area contributed by atoms with Gasteiger partial charge in [0.25, 0.3) is 0 Å². The number of benzene rings is 2. The summed E-state index contributed by atoms with van der Waals surface area (Å²) >= 11 is 0. The molecule has 27 heavy (non-hydrogen) atoms. The molecule has 2 amide bonds. The first-order valence-electron chi connectivity index (χ1n) is 8.74. The van der Waals surface area contributed by atoms with Gasteiger partial charge in [0.05, 0.1) is 11.6 Å². The lowest BCUT2D eigenvalue weighted by atomic mass is 9.95. The molecule has 0 saturated heterocycles. The molecule has 1 heterocycles. The second-order valence-electron chi connectivity index (χ2n) is 6.28. The van der Waals surface area contributed by atoms with Crippen LogP contribution in [0.1, 0.15) is 24.1 Å². The molecule has 0 bridgehead atoms. The summed E-state index contributed by atoms with van der Waals surface area (Å²) in [5.74, 6) is 0.232. The highest BCUT2D eigenvalue weighted by Crippen LogP contribution is 2.27. The monoisotopic (exact) mass is 366 g/mol. The van der Waals surface area contributed by atoms with Gasteiger partial charge in [-0.15, -0.1) is 0 Å². The SMILES string of the molecule is CC1=C(C(=O)OCCOc2ccccc2)[C@@H](c2ccc(C)cc2)NC(=O)N1. The molecule has 0 saturated carbocycles. The Morgan fingerprint density at radius 3 is 2.41 bits per heavy atom. The van der Waals surface area contributed by atoms with Crippen LogP contribution in [0.2, 0.25) is 0 Å². The second kappa shape index (κ2) is 8.40. The van der Waals surface area contributed by atoms with E-state index in [2.05, 4.69) is 10.6 Å². The summed E-state index contributed by atoms with van der Waals surface area (Å²) in [5, 5.41) is 5.42. The van der Waals surface area contributed by atoms with E-state index in [9.17, 15) is 9.59 Å². The van der Waals surface area contributed by atoms with Crippen molar-refractivity contribution in [2.24, 2.45) is 0 Å². The van der Waals surface area contributed by atoms with E-state index in [1.807, 2.05) is 61.5 Å². The van der Waals surface area contributed by atoms with Crippen molar-refractivity contribution in [1.82, 2.24) is 10.6 Å². The molecule has 2 aromatic carbocycles. The number of urea groups is 1. The lowest BCUT2D eigenvalue weighted by Crippen LogP contribution is -2.45. The fourth-order valence-electron chi connectivity index (χ4n) is 2.86. The Morgan fingerprint density at radius 1 is 1.00 bits per heavy atom. The number of rotatable bonds is 6. The number of para-hydroxylation sites is 1. The summed E-state index contributed by atoms with van der Waals surface area (Å²) in [6.45, 7) is 4.03. The van der Waals surface area contributed by atoms with Crippen LogP contribution in [0.4, 0.5) is 4.79 Å². The summed E-state index contributed by atoms with van der Waals surface area (Å²) in [5.41, 5.74) is 2.79. The minimum atomic E-state index is -0.554. The van der Waals surface area contributed by atoms with Gasteiger partial charge in [0.1, 0.15) is 19.0 Å². The first kappa shape index (κ1) is 18.5. The van der Waals surface area contributed by atoms with Crippen LogP contribution < -0.4 is 15.4 Å². The summed E-state index contributed by atoms with van der Waals surface area (Å²) in [6, 6.07) is 16.1. The Balaban J connectivity index is 1.67. The lowest BCUT2D eigenvalue weighted by molar-refractivity contribution is -0.140. The van der Waals surface area contributed by atoms with E-state index in [0.29, 0.717) is 17.0 Å². The van der Waals surface area contributed by atoms with Crippen molar-refractivity contribution in [2.75, 3.05) is 13.2 Å². The number of allylic oxidation sites excluding steroid dienone is 1. The third kappa shape index (κ3) is 4.67. The highest BCUT2D eigenvalue weighted by atomic mass is 16.6. The smallest absolute Gasteiger partial charge is 0.338 e. The molecular weight excluding hydrogens is 344 g/mol. The zero-order valence-electron chi connectivity index (χ0n) is 15.3. The minimum absolute atomic E-state index is 0.110. The van der Waals surface area contributed by atoms with Gasteiger partial charge in [-0.3, -0.25) is 0 Å². The van der Waals surface area contributed by atoms with E-state index in [0.717, 1.165) is 11.1 Å². The number of nitrogens with one attached hydrogen (secondary N) is 2. The number of aryl methyl sites for hydroxylation is 1. The molecule has 0 aliphatic carbocycles. The normalized spacial score (nSPS) is 16.4. The number of hydrogen-bond acceptors (Lipinski definition) is 4. The van der Waals surface area contributed by atoms with Crippen LogP contribution in [0.3, 0.4) is 0 Å². The summed E-state index contributed by atoms with van der Waals surface area (Å²) in [4.78, 5) is 24.5. The van der Waals surface area contributed by atoms with Gasteiger partial charge in [-0.1, -0.05) is 48.0 Å². The van der Waals surface area contributed by atoms with Crippen LogP contribution in [-0.2, 0) is 9.53 Å². The zero-order valence-corrected chi connectivity index (χ0v) is 15.3. The number of ether oxygens (including phenoxy) is 2. The van der Waals surface area contributed by atoms with Crippen molar-refractivity contribution in [1.29, 1.82) is 0 Å². The van der Waals surface area contributed by atoms with Crippen LogP contribution in [0.25, 0.3) is 0 Å². The molecule has 2 aromatic rings. The Bertz CT molecular complexity index is 844. The van der Waals surface area contributed by atoms with Crippen LogP contribution in [0, 0.1) is 6.92 Å². The van der Waals surface area contributed by atoms with E-state index in [4.69, 9.17) is 9.47 Å². The first-order valence-corrected chi connectivity index (χ1v) is 8.74. The predicted octanol–water partition coefficient (Wildman–Crippen LogP) is 3.25. The lowest BCUT2D eigenvalue weighted by Gasteiger charge is -2.28. The minimum Gasteiger partial charge on any atom is -0.490 e. The standard InChI is InChI=1S/C21H22N2O4/c1-14-8-10-16(11-9-14)19-18(15(2)22-21(25)23-19)20(24)27-13-12-26-17-6-4-3-5-7-17/h3-11,19H,12-13H2,1-2H3,(H2,22,23,25)/t19-/m1/s1. The van der Waals surface area contributed by atoms with Crippen LogP contribution in [0.5, 0.6) is 5.75 Å². The molecule has 0 spiro atoms. The molecular formula is C21H22N2O4. The van der Waals surface area contributed by atoms with E-state index in [1.54, 1.807) is 6.92 Å². The van der Waals surface area contributed by atoms with Crippen molar-refractivity contribution in [3.05, 3.63) is 77.0 Å². The second-order valence-corrected chi connectivity index (χ2v) is 6.28. The van der Waals surface area contributed by atoms with Gasteiger partial charge >= 0.3 is 12.0 Å². The van der Waals surface area contributed by atoms with E-state index >= 15 is 0 Å². The van der Waals surface area contributed by atoms with Crippen molar-refractivity contribution < 1.29 is 19.1 Å². The molecule has 0 fully saturated rings. The van der Waals surface area contributed by atoms with Crippen molar-refractivity contribution in [3.63, 3.8) is 0 Å². The number of carbonyl (C=O) groups excluding carboxylic acids is 2. The van der Waals surface area contributed by atoms with Gasteiger partial charge in [-0.2, -0.15) is 0 Å². The Kier molecular flexibility index (Phi) is 5.76. The summed E-state index contributed by atoms with van der Waals surface area (Å²) in [6.07, 6.45) is 0. The fourth-order valence-corrected chi connectivity index (χ4v) is 2.86. The predicted molar refractivity (Wildman–Crippen MR) is 101 cm³/mol. The van der Waals surface area contributed by atoms with Crippen molar-refractivity contribution >= 4 is 12.0 Å². The van der Waals surface area contributed by atoms with Crippen LogP contribution in [0.15, 0.2) is 65.9 Å². The Hall–Kier alpha value is -3.28. The summed E-state index contributed by atoms with van der Waals surface area (Å²) < 4.78 is 10.9. The molecule has 0 aromatic heterocycles. The maximum Gasteiger partial charge on any atom is 0.338 e. The Labute approximate surface area is 158 Å². The maximum absolute atomic E-state index is 12.7. The quantitative estimate of drug-likeness (QED) is 0.608. The topological polar surface area (TPSA) is 76.7 Å². The average molecular weight is 366 g/mol. The van der Waals surface area contributed by atoms with Crippen molar-refractivity contribution in [2.45, 2.75) is 19.9 Å². The van der Waals surface area contributed by atoms with E-state index in [-0.39, 0.29) is 19.2 Å². The molecule has 1 aliphatic rings. The highest BCUT2D eigenvalue weighted by Gasteiger charge is 2.32. The van der Waals surface area contributed by atoms with E-state index < -0.39 is 12.0 Å². The Morgan fingerprint density at radius 2 is 1.70 bits per heavy atom. The number of carbonyl (C=O) groups is 2. The molecule has 1 atom stereocenters. The van der Waals surface area contributed by atoms with Gasteiger partial charge in [-0.05, 0) is 31.5 Å². The number of amides is 2. The fraction of sp³-hybridized carbons (Fsp3) is 0.238.